The van der Waals surface area contributed by atoms with Crippen LogP contribution < -0.4 is 10.1 Å². The largest absolute Gasteiger partial charge is 0.496 e. The second-order valence-corrected chi connectivity index (χ2v) is 8.45. The fraction of sp³-hybridized carbons (Fsp3) is 0.652. The van der Waals surface area contributed by atoms with Crippen LogP contribution in [0.2, 0.25) is 0 Å². The van der Waals surface area contributed by atoms with Crippen LogP contribution in [-0.4, -0.2) is 54.2 Å². The minimum absolute atomic E-state index is 0.0488. The molecule has 2 fully saturated rings. The summed E-state index contributed by atoms with van der Waals surface area (Å²) in [5.41, 5.74) is 1.01. The van der Waals surface area contributed by atoms with E-state index in [1.165, 1.54) is 0 Å². The van der Waals surface area contributed by atoms with Gasteiger partial charge in [-0.1, -0.05) is 31.5 Å². The van der Waals surface area contributed by atoms with E-state index in [9.17, 15) is 14.7 Å². The Morgan fingerprint density at radius 2 is 1.90 bits per heavy atom. The third kappa shape index (κ3) is 5.50. The number of likely N-dealkylation sites (tertiary alicyclic amines) is 1. The average Bonchev–Trinajstić information content (AvgIpc) is 3.13. The minimum atomic E-state index is -0.544. The summed E-state index contributed by atoms with van der Waals surface area (Å²) in [6.07, 6.45) is 4.37. The van der Waals surface area contributed by atoms with Gasteiger partial charge in [-0.15, -0.1) is 0 Å². The van der Waals surface area contributed by atoms with Crippen molar-refractivity contribution in [2.45, 2.75) is 64.0 Å². The fourth-order valence-corrected chi connectivity index (χ4v) is 4.71. The maximum atomic E-state index is 12.5. The SMILES string of the molecule is CCCCC(=O)N1C[C@H]2C[C@H](O)[C@@H](NC(=O)CCc3ccccc3OC)C[C@H]2C1. The summed E-state index contributed by atoms with van der Waals surface area (Å²) >= 11 is 0. The number of hydrogen-bond donors (Lipinski definition) is 2. The molecule has 1 aliphatic heterocycles. The van der Waals surface area contributed by atoms with Crippen LogP contribution in [0.5, 0.6) is 5.75 Å². The van der Waals surface area contributed by atoms with Gasteiger partial charge >= 0.3 is 0 Å². The summed E-state index contributed by atoms with van der Waals surface area (Å²) in [4.78, 5) is 26.8. The van der Waals surface area contributed by atoms with E-state index in [4.69, 9.17) is 4.74 Å². The molecule has 2 N–H and O–H groups in total. The van der Waals surface area contributed by atoms with Gasteiger partial charge < -0.3 is 20.1 Å². The van der Waals surface area contributed by atoms with Gasteiger partial charge in [-0.05, 0) is 49.1 Å². The summed E-state index contributed by atoms with van der Waals surface area (Å²) in [6, 6.07) is 7.48. The zero-order chi connectivity index (χ0) is 20.8. The van der Waals surface area contributed by atoms with Gasteiger partial charge in [0.05, 0.1) is 19.3 Å². The molecule has 0 spiro atoms. The van der Waals surface area contributed by atoms with E-state index in [1.54, 1.807) is 7.11 Å². The van der Waals surface area contributed by atoms with Crippen LogP contribution in [0.4, 0.5) is 0 Å². The fourth-order valence-electron chi connectivity index (χ4n) is 4.71. The van der Waals surface area contributed by atoms with Crippen molar-refractivity contribution in [3.8, 4) is 5.75 Å². The van der Waals surface area contributed by atoms with Crippen LogP contribution >= 0.6 is 0 Å². The normalized spacial score (nSPS) is 26.1. The molecule has 0 unspecified atom stereocenters. The second kappa shape index (κ2) is 10.1. The molecule has 1 saturated carbocycles. The summed E-state index contributed by atoms with van der Waals surface area (Å²) in [5.74, 6) is 1.68. The van der Waals surface area contributed by atoms with Crippen LogP contribution in [0.3, 0.4) is 0 Å². The van der Waals surface area contributed by atoms with Crippen molar-refractivity contribution in [3.05, 3.63) is 29.8 Å². The molecule has 1 aliphatic carbocycles. The Morgan fingerprint density at radius 3 is 2.62 bits per heavy atom. The van der Waals surface area contributed by atoms with E-state index in [2.05, 4.69) is 12.2 Å². The van der Waals surface area contributed by atoms with E-state index in [-0.39, 0.29) is 17.9 Å². The Labute approximate surface area is 173 Å². The number of aliphatic hydroxyl groups is 1. The molecule has 6 nitrogen and oxygen atoms in total. The van der Waals surface area contributed by atoms with Gasteiger partial charge in [0.15, 0.2) is 0 Å². The summed E-state index contributed by atoms with van der Waals surface area (Å²) in [6.45, 7) is 3.60. The third-order valence-corrected chi connectivity index (χ3v) is 6.40. The standard InChI is InChI=1S/C23H34N2O4/c1-3-4-9-23(28)25-14-17-12-19(20(26)13-18(17)15-25)24-22(27)11-10-16-7-5-6-8-21(16)29-2/h5-8,17-20,26H,3-4,9-15H2,1-2H3,(H,24,27)/t17-,18+,19-,20-/m0/s1. The van der Waals surface area contributed by atoms with Crippen molar-refractivity contribution in [1.29, 1.82) is 0 Å². The molecule has 0 aromatic heterocycles. The first-order chi connectivity index (χ1) is 14.0. The monoisotopic (exact) mass is 402 g/mol. The predicted molar refractivity (Wildman–Crippen MR) is 112 cm³/mol. The Morgan fingerprint density at radius 1 is 1.17 bits per heavy atom. The Bertz CT molecular complexity index is 708. The molecule has 6 heteroatoms. The lowest BCUT2D eigenvalue weighted by molar-refractivity contribution is -0.130. The molecule has 3 rings (SSSR count). The van der Waals surface area contributed by atoms with E-state index in [0.29, 0.717) is 37.5 Å². The van der Waals surface area contributed by atoms with Crippen molar-refractivity contribution in [1.82, 2.24) is 10.2 Å². The number of hydrogen-bond acceptors (Lipinski definition) is 4. The number of nitrogens with one attached hydrogen (secondary N) is 1. The summed E-state index contributed by atoms with van der Waals surface area (Å²) < 4.78 is 5.34. The summed E-state index contributed by atoms with van der Waals surface area (Å²) in [5, 5.41) is 13.6. The number of aliphatic hydroxyl groups excluding tert-OH is 1. The first kappa shape index (κ1) is 21.6. The number of nitrogens with zero attached hydrogens (tertiary/aromatic N) is 1. The zero-order valence-corrected chi connectivity index (χ0v) is 17.6. The number of rotatable bonds is 8. The molecule has 160 valence electrons. The Balaban J connectivity index is 1.49. The average molecular weight is 403 g/mol. The molecule has 4 atom stereocenters. The number of benzene rings is 1. The number of fused-ring (bicyclic) bond motifs is 1. The van der Waals surface area contributed by atoms with Crippen molar-refractivity contribution in [2.75, 3.05) is 20.2 Å². The van der Waals surface area contributed by atoms with Gasteiger partial charge in [-0.3, -0.25) is 9.59 Å². The molecule has 0 radical (unpaired) electrons. The van der Waals surface area contributed by atoms with Crippen LogP contribution in [0.25, 0.3) is 0 Å². The molecule has 1 aromatic carbocycles. The maximum absolute atomic E-state index is 12.5. The molecular formula is C23H34N2O4. The van der Waals surface area contributed by atoms with E-state index >= 15 is 0 Å². The lowest BCUT2D eigenvalue weighted by Crippen LogP contribution is -2.49. The van der Waals surface area contributed by atoms with Crippen molar-refractivity contribution in [2.24, 2.45) is 11.8 Å². The van der Waals surface area contributed by atoms with E-state index < -0.39 is 6.10 Å². The van der Waals surface area contributed by atoms with E-state index in [0.717, 1.165) is 43.7 Å². The predicted octanol–water partition coefficient (Wildman–Crippen LogP) is 2.53. The summed E-state index contributed by atoms with van der Waals surface area (Å²) in [7, 11) is 1.63. The number of aryl methyl sites for hydroxylation is 1. The molecule has 29 heavy (non-hydrogen) atoms. The number of methoxy groups -OCH3 is 1. The van der Waals surface area contributed by atoms with Gasteiger partial charge in [0.25, 0.3) is 0 Å². The lowest BCUT2D eigenvalue weighted by Gasteiger charge is -2.35. The lowest BCUT2D eigenvalue weighted by atomic mass is 9.77. The number of ether oxygens (including phenoxy) is 1. The topological polar surface area (TPSA) is 78.9 Å². The molecule has 1 saturated heterocycles. The van der Waals surface area contributed by atoms with E-state index in [1.807, 2.05) is 29.2 Å². The molecule has 1 heterocycles. The number of carbonyl (C=O) groups is 2. The highest BCUT2D eigenvalue weighted by Gasteiger charge is 2.43. The zero-order valence-electron chi connectivity index (χ0n) is 17.6. The molecule has 2 aliphatic rings. The van der Waals surface area contributed by atoms with Gasteiger partial charge in [0.1, 0.15) is 5.75 Å². The third-order valence-electron chi connectivity index (χ3n) is 6.40. The first-order valence-corrected chi connectivity index (χ1v) is 10.9. The molecular weight excluding hydrogens is 368 g/mol. The number of carbonyl (C=O) groups excluding carboxylic acids is 2. The van der Waals surface area contributed by atoms with Crippen LogP contribution in [0.1, 0.15) is 51.0 Å². The maximum Gasteiger partial charge on any atom is 0.222 e. The number of amides is 2. The number of para-hydroxylation sites is 1. The highest BCUT2D eigenvalue weighted by atomic mass is 16.5. The molecule has 2 amide bonds. The molecule has 1 aromatic rings. The highest BCUT2D eigenvalue weighted by molar-refractivity contribution is 5.77. The first-order valence-electron chi connectivity index (χ1n) is 10.9. The smallest absolute Gasteiger partial charge is 0.222 e. The molecule has 0 bridgehead atoms. The van der Waals surface area contributed by atoms with Gasteiger partial charge in [0, 0.05) is 25.9 Å². The van der Waals surface area contributed by atoms with Crippen LogP contribution in [0, 0.1) is 11.8 Å². The van der Waals surface area contributed by atoms with Crippen molar-refractivity contribution < 1.29 is 19.4 Å². The van der Waals surface area contributed by atoms with Crippen LogP contribution in [0.15, 0.2) is 24.3 Å². The second-order valence-electron chi connectivity index (χ2n) is 8.45. The minimum Gasteiger partial charge on any atom is -0.496 e. The van der Waals surface area contributed by atoms with Gasteiger partial charge in [-0.2, -0.15) is 0 Å². The van der Waals surface area contributed by atoms with Gasteiger partial charge in [-0.25, -0.2) is 0 Å². The Kier molecular flexibility index (Phi) is 7.53. The highest BCUT2D eigenvalue weighted by Crippen LogP contribution is 2.37. The Hall–Kier alpha value is -2.08. The van der Waals surface area contributed by atoms with Gasteiger partial charge in [0.2, 0.25) is 11.8 Å². The van der Waals surface area contributed by atoms with Crippen molar-refractivity contribution in [3.63, 3.8) is 0 Å². The van der Waals surface area contributed by atoms with Crippen LogP contribution in [-0.2, 0) is 16.0 Å². The van der Waals surface area contributed by atoms with Crippen molar-refractivity contribution >= 4 is 11.8 Å². The number of unbranched alkanes of at least 4 members (excludes halogenated alkanes) is 1. The quantitative estimate of drug-likeness (QED) is 0.700.